The van der Waals surface area contributed by atoms with Gasteiger partial charge in [-0.25, -0.2) is 0 Å². The highest BCUT2D eigenvalue weighted by molar-refractivity contribution is 5.78. The van der Waals surface area contributed by atoms with Gasteiger partial charge in [-0.2, -0.15) is 5.10 Å². The zero-order valence-corrected chi connectivity index (χ0v) is 14.2. The maximum absolute atomic E-state index is 4.58. The molecule has 0 aliphatic carbocycles. The van der Waals surface area contributed by atoms with Crippen molar-refractivity contribution in [3.05, 3.63) is 59.5 Å². The Hall–Kier alpha value is -2.20. The number of nitrogens with one attached hydrogen (secondary N) is 2. The van der Waals surface area contributed by atoms with Crippen molar-refractivity contribution in [3.8, 4) is 0 Å². The maximum Gasteiger partial charge on any atom is 0.0653 e. The summed E-state index contributed by atoms with van der Waals surface area (Å²) in [6, 6.07) is 11.0. The summed E-state index contributed by atoms with van der Waals surface area (Å²) >= 11 is 0. The lowest BCUT2D eigenvalue weighted by Crippen LogP contribution is -2.35. The van der Waals surface area contributed by atoms with Crippen LogP contribution in [0.25, 0.3) is 10.9 Å². The number of aromatic nitrogens is 3. The third-order valence-electron chi connectivity index (χ3n) is 4.42. The van der Waals surface area contributed by atoms with E-state index in [0.717, 1.165) is 23.1 Å². The molecule has 3 rings (SSSR count). The summed E-state index contributed by atoms with van der Waals surface area (Å²) in [5.74, 6) is 0. The van der Waals surface area contributed by atoms with E-state index in [-0.39, 0.29) is 11.5 Å². The van der Waals surface area contributed by atoms with Crippen LogP contribution in [-0.4, -0.2) is 21.7 Å². The lowest BCUT2D eigenvalue weighted by molar-refractivity contribution is 0.426. The van der Waals surface area contributed by atoms with Gasteiger partial charge in [-0.05, 0) is 37.1 Å². The molecule has 4 heteroatoms. The number of aromatic amines is 1. The molecule has 2 heterocycles. The van der Waals surface area contributed by atoms with Gasteiger partial charge in [0.25, 0.3) is 0 Å². The van der Waals surface area contributed by atoms with Crippen LogP contribution in [0.2, 0.25) is 0 Å². The summed E-state index contributed by atoms with van der Waals surface area (Å²) in [6.07, 6.45) is 3.79. The topological polar surface area (TPSA) is 53.6 Å². The first kappa shape index (κ1) is 15.7. The van der Waals surface area contributed by atoms with E-state index in [1.807, 2.05) is 12.4 Å². The SMILES string of the molecule is Cc1ccc(C(C)(C)CNC(C)c2ccc3cn[nH]c3c2)nc1. The molecule has 0 radical (unpaired) electrons. The van der Waals surface area contributed by atoms with Crippen LogP contribution in [0.5, 0.6) is 0 Å². The van der Waals surface area contributed by atoms with Crippen LogP contribution in [0.4, 0.5) is 0 Å². The van der Waals surface area contributed by atoms with E-state index in [2.05, 4.69) is 78.5 Å². The fraction of sp³-hybridized carbons (Fsp3) is 0.368. The van der Waals surface area contributed by atoms with Gasteiger partial charge in [-0.1, -0.05) is 32.0 Å². The van der Waals surface area contributed by atoms with Crippen molar-refractivity contribution >= 4 is 10.9 Å². The summed E-state index contributed by atoms with van der Waals surface area (Å²) in [5.41, 5.74) is 4.63. The molecule has 0 aliphatic rings. The smallest absolute Gasteiger partial charge is 0.0653 e. The molecule has 2 N–H and O–H groups in total. The van der Waals surface area contributed by atoms with Crippen LogP contribution in [-0.2, 0) is 5.41 Å². The Labute approximate surface area is 137 Å². The van der Waals surface area contributed by atoms with E-state index in [1.54, 1.807) is 0 Å². The molecule has 0 saturated carbocycles. The molecule has 1 aromatic carbocycles. The molecule has 0 amide bonds. The highest BCUT2D eigenvalue weighted by Gasteiger charge is 2.22. The zero-order chi connectivity index (χ0) is 16.4. The standard InChI is InChI=1S/C19H24N4/c1-13-5-8-18(20-10-13)19(3,4)12-21-14(2)15-6-7-16-11-22-23-17(16)9-15/h5-11,14,21H,12H2,1-4H3,(H,22,23). The molecule has 0 saturated heterocycles. The van der Waals surface area contributed by atoms with Gasteiger partial charge < -0.3 is 5.32 Å². The van der Waals surface area contributed by atoms with E-state index < -0.39 is 0 Å². The van der Waals surface area contributed by atoms with Gasteiger partial charge in [-0.3, -0.25) is 10.1 Å². The fourth-order valence-electron chi connectivity index (χ4n) is 2.71. The molecular weight excluding hydrogens is 284 g/mol. The predicted octanol–water partition coefficient (Wildman–Crippen LogP) is 3.89. The molecule has 1 atom stereocenters. The van der Waals surface area contributed by atoms with Crippen LogP contribution in [0.1, 0.15) is 43.6 Å². The number of fused-ring (bicyclic) bond motifs is 1. The summed E-state index contributed by atoms with van der Waals surface area (Å²) in [6.45, 7) is 9.57. The number of hydrogen-bond acceptors (Lipinski definition) is 3. The molecule has 4 nitrogen and oxygen atoms in total. The van der Waals surface area contributed by atoms with Gasteiger partial charge in [0.15, 0.2) is 0 Å². The number of benzene rings is 1. The lowest BCUT2D eigenvalue weighted by atomic mass is 9.88. The van der Waals surface area contributed by atoms with Crippen molar-refractivity contribution in [2.45, 2.75) is 39.2 Å². The third kappa shape index (κ3) is 3.42. The van der Waals surface area contributed by atoms with Gasteiger partial charge in [-0.15, -0.1) is 0 Å². The molecule has 1 unspecified atom stereocenters. The van der Waals surface area contributed by atoms with E-state index in [1.165, 1.54) is 11.1 Å². The number of nitrogens with zero attached hydrogens (tertiary/aromatic N) is 2. The molecule has 0 spiro atoms. The van der Waals surface area contributed by atoms with E-state index in [4.69, 9.17) is 0 Å². The lowest BCUT2D eigenvalue weighted by Gasteiger charge is -2.27. The first-order chi connectivity index (χ1) is 11.0. The van der Waals surface area contributed by atoms with Gasteiger partial charge in [0.05, 0.1) is 11.7 Å². The van der Waals surface area contributed by atoms with Crippen LogP contribution >= 0.6 is 0 Å². The van der Waals surface area contributed by atoms with Gasteiger partial charge in [0, 0.05) is 35.3 Å². The predicted molar refractivity (Wildman–Crippen MR) is 94.5 cm³/mol. The number of hydrogen-bond donors (Lipinski definition) is 2. The molecule has 0 bridgehead atoms. The molecule has 0 fully saturated rings. The van der Waals surface area contributed by atoms with Crippen molar-refractivity contribution in [2.24, 2.45) is 0 Å². The largest absolute Gasteiger partial charge is 0.309 e. The van der Waals surface area contributed by atoms with Crippen LogP contribution in [0.15, 0.2) is 42.7 Å². The third-order valence-corrected chi connectivity index (χ3v) is 4.42. The highest BCUT2D eigenvalue weighted by atomic mass is 15.1. The number of H-pyrrole nitrogens is 1. The first-order valence-electron chi connectivity index (χ1n) is 8.05. The minimum Gasteiger partial charge on any atom is -0.309 e. The molecule has 2 aromatic heterocycles. The van der Waals surface area contributed by atoms with Crippen molar-refractivity contribution in [1.82, 2.24) is 20.5 Å². The molecule has 0 aliphatic heterocycles. The molecule has 3 aromatic rings. The van der Waals surface area contributed by atoms with E-state index in [9.17, 15) is 0 Å². The molecular formula is C19H24N4. The summed E-state index contributed by atoms with van der Waals surface area (Å²) in [4.78, 5) is 4.58. The summed E-state index contributed by atoms with van der Waals surface area (Å²) in [5, 5.41) is 11.9. The van der Waals surface area contributed by atoms with Gasteiger partial charge >= 0.3 is 0 Å². The second kappa shape index (κ2) is 6.13. The van der Waals surface area contributed by atoms with E-state index in [0.29, 0.717) is 0 Å². The van der Waals surface area contributed by atoms with Crippen molar-refractivity contribution in [1.29, 1.82) is 0 Å². The highest BCUT2D eigenvalue weighted by Crippen LogP contribution is 2.23. The number of pyridine rings is 1. The molecule has 23 heavy (non-hydrogen) atoms. The Kier molecular flexibility index (Phi) is 4.18. The first-order valence-corrected chi connectivity index (χ1v) is 8.05. The van der Waals surface area contributed by atoms with Crippen LogP contribution in [0.3, 0.4) is 0 Å². The summed E-state index contributed by atoms with van der Waals surface area (Å²) in [7, 11) is 0. The average molecular weight is 308 g/mol. The van der Waals surface area contributed by atoms with Crippen molar-refractivity contribution in [2.75, 3.05) is 6.54 Å². The van der Waals surface area contributed by atoms with Crippen molar-refractivity contribution < 1.29 is 0 Å². The maximum atomic E-state index is 4.58. The van der Waals surface area contributed by atoms with E-state index >= 15 is 0 Å². The second-order valence-corrected chi connectivity index (χ2v) is 6.92. The fourth-order valence-corrected chi connectivity index (χ4v) is 2.71. The molecule has 120 valence electrons. The number of rotatable bonds is 5. The monoisotopic (exact) mass is 308 g/mol. The van der Waals surface area contributed by atoms with Crippen LogP contribution in [0, 0.1) is 6.92 Å². The Morgan fingerprint density at radius 1 is 1.17 bits per heavy atom. The second-order valence-electron chi connectivity index (χ2n) is 6.92. The quantitative estimate of drug-likeness (QED) is 0.751. The Bertz CT molecular complexity index is 786. The minimum atomic E-state index is -0.0138. The van der Waals surface area contributed by atoms with Crippen LogP contribution < -0.4 is 5.32 Å². The summed E-state index contributed by atoms with van der Waals surface area (Å²) < 4.78 is 0. The number of aryl methyl sites for hydroxylation is 1. The van der Waals surface area contributed by atoms with Gasteiger partial charge in [0.1, 0.15) is 0 Å². The normalized spacial score (nSPS) is 13.4. The Morgan fingerprint density at radius 2 is 2.00 bits per heavy atom. The van der Waals surface area contributed by atoms with Gasteiger partial charge in [0.2, 0.25) is 0 Å². The zero-order valence-electron chi connectivity index (χ0n) is 14.2. The Morgan fingerprint density at radius 3 is 2.74 bits per heavy atom. The Balaban J connectivity index is 1.69. The minimum absolute atomic E-state index is 0.0138. The average Bonchev–Trinajstić information content (AvgIpc) is 3.00. The van der Waals surface area contributed by atoms with Crippen molar-refractivity contribution in [3.63, 3.8) is 0 Å².